The van der Waals surface area contributed by atoms with Crippen LogP contribution < -0.4 is 5.32 Å². The van der Waals surface area contributed by atoms with Crippen LogP contribution in [0.5, 0.6) is 0 Å². The molecule has 2 aliphatic rings. The molecule has 0 aliphatic carbocycles. The minimum absolute atomic E-state index is 0.0100. The lowest BCUT2D eigenvalue weighted by Gasteiger charge is -2.36. The molecule has 0 saturated carbocycles. The second-order valence-electron chi connectivity index (χ2n) is 7.68. The highest BCUT2D eigenvalue weighted by molar-refractivity contribution is 8.14. The van der Waals surface area contributed by atoms with E-state index in [9.17, 15) is 4.79 Å². The molecule has 3 rings (SSSR count). The highest BCUT2D eigenvalue weighted by Gasteiger charge is 2.35. The number of likely N-dealkylation sites (tertiary alicyclic amines) is 1. The van der Waals surface area contributed by atoms with E-state index in [0.717, 1.165) is 35.9 Å². The zero-order valence-electron chi connectivity index (χ0n) is 16.8. The Bertz CT molecular complexity index is 754. The van der Waals surface area contributed by atoms with Crippen LogP contribution in [0.4, 0.5) is 4.39 Å². The Balaban J connectivity index is 1.39. The van der Waals surface area contributed by atoms with Crippen molar-refractivity contribution in [3.63, 3.8) is 0 Å². The van der Waals surface area contributed by atoms with Gasteiger partial charge in [0.2, 0.25) is 0 Å². The maximum atomic E-state index is 15.1. The van der Waals surface area contributed by atoms with Gasteiger partial charge in [-0.05, 0) is 49.6 Å². The highest BCUT2D eigenvalue weighted by Crippen LogP contribution is 2.27. The Morgan fingerprint density at radius 3 is 2.75 bits per heavy atom. The first-order valence-electron chi connectivity index (χ1n) is 10.1. The first kappa shape index (κ1) is 21.1. The number of piperidine rings is 1. The van der Waals surface area contributed by atoms with Crippen molar-refractivity contribution in [1.82, 2.24) is 10.2 Å². The first-order chi connectivity index (χ1) is 13.5. The number of aliphatic imine (C=N–C) groups is 1. The second-order valence-corrected chi connectivity index (χ2v) is 8.79. The van der Waals surface area contributed by atoms with Crippen LogP contribution in [-0.4, -0.2) is 60.0 Å². The summed E-state index contributed by atoms with van der Waals surface area (Å²) in [4.78, 5) is 18.9. The van der Waals surface area contributed by atoms with Crippen LogP contribution >= 0.6 is 11.8 Å². The topological polar surface area (TPSA) is 44.7 Å². The second kappa shape index (κ2) is 9.70. The molecule has 1 saturated heterocycles. The lowest BCUT2D eigenvalue weighted by molar-refractivity contribution is 0.0438. The van der Waals surface area contributed by atoms with Gasteiger partial charge in [0.05, 0.1) is 5.04 Å². The Morgan fingerprint density at radius 2 is 2.07 bits per heavy atom. The largest absolute Gasteiger partial charge is 0.338 e. The summed E-state index contributed by atoms with van der Waals surface area (Å²) >= 11 is 1.71. The molecule has 0 radical (unpaired) electrons. The number of aryl methyl sites for hydroxylation is 2. The third-order valence-electron chi connectivity index (χ3n) is 5.50. The molecule has 4 nitrogen and oxygen atoms in total. The number of thioether (sulfide) groups is 1. The summed E-state index contributed by atoms with van der Waals surface area (Å²) in [6.45, 7) is 6.97. The molecule has 1 aromatic carbocycles. The third-order valence-corrected chi connectivity index (χ3v) is 6.46. The van der Waals surface area contributed by atoms with Crippen molar-refractivity contribution in [2.45, 2.75) is 38.8 Å². The van der Waals surface area contributed by atoms with Crippen LogP contribution in [0.25, 0.3) is 0 Å². The van der Waals surface area contributed by atoms with E-state index < -0.39 is 5.67 Å². The minimum Gasteiger partial charge on any atom is -0.338 e. The number of nitrogens with zero attached hydrogens (tertiary/aromatic N) is 2. The zero-order chi connectivity index (χ0) is 20.0. The molecule has 0 aromatic heterocycles. The van der Waals surface area contributed by atoms with E-state index in [1.165, 1.54) is 5.56 Å². The molecule has 1 N–H and O–H groups in total. The van der Waals surface area contributed by atoms with Gasteiger partial charge in [-0.25, -0.2) is 4.39 Å². The quantitative estimate of drug-likeness (QED) is 0.732. The fourth-order valence-corrected chi connectivity index (χ4v) is 4.29. The average molecular weight is 404 g/mol. The molecular formula is C22H30FN3OS. The molecule has 6 heteroatoms. The molecule has 1 amide bonds. The van der Waals surface area contributed by atoms with Crippen LogP contribution in [0.15, 0.2) is 35.3 Å². The fraction of sp³-hybridized carbons (Fsp3) is 0.545. The van der Waals surface area contributed by atoms with E-state index in [1.807, 2.05) is 32.0 Å². The van der Waals surface area contributed by atoms with E-state index >= 15 is 4.39 Å². The number of halogens is 1. The molecule has 0 atom stereocenters. The van der Waals surface area contributed by atoms with E-state index in [4.69, 9.17) is 0 Å². The monoisotopic (exact) mass is 403 g/mol. The summed E-state index contributed by atoms with van der Waals surface area (Å²) < 4.78 is 15.1. The van der Waals surface area contributed by atoms with Crippen molar-refractivity contribution >= 4 is 22.7 Å². The van der Waals surface area contributed by atoms with E-state index in [2.05, 4.69) is 22.5 Å². The van der Waals surface area contributed by atoms with Gasteiger partial charge in [-0.1, -0.05) is 12.1 Å². The van der Waals surface area contributed by atoms with Crippen LogP contribution in [0.1, 0.15) is 40.7 Å². The molecule has 1 fully saturated rings. The SMILES string of the molecule is Cc1ccc(C(=O)N2CCC(F)(CNCCSC3=NCCC=C3)CC2)cc1C. The predicted molar refractivity (Wildman–Crippen MR) is 116 cm³/mol. The van der Waals surface area contributed by atoms with Crippen LogP contribution in [0.3, 0.4) is 0 Å². The van der Waals surface area contributed by atoms with Crippen LogP contribution in [0, 0.1) is 13.8 Å². The molecule has 0 unspecified atom stereocenters. The Hall–Kier alpha value is -1.66. The Kier molecular flexibility index (Phi) is 7.30. The van der Waals surface area contributed by atoms with Crippen LogP contribution in [0.2, 0.25) is 0 Å². The van der Waals surface area contributed by atoms with Crippen molar-refractivity contribution in [2.75, 3.05) is 38.5 Å². The molecule has 0 spiro atoms. The summed E-state index contributed by atoms with van der Waals surface area (Å²) in [5, 5.41) is 4.32. The maximum absolute atomic E-state index is 15.1. The minimum atomic E-state index is -1.23. The maximum Gasteiger partial charge on any atom is 0.253 e. The fourth-order valence-electron chi connectivity index (χ4n) is 3.46. The number of amides is 1. The molecular weight excluding hydrogens is 373 g/mol. The predicted octanol–water partition coefficient (Wildman–Crippen LogP) is 3.93. The standard InChI is InChI=1S/C22H30FN3OS/c1-17-6-7-19(15-18(17)2)21(27)26-12-8-22(23,9-13-26)16-24-11-14-28-20-5-3-4-10-25-20/h3,5-7,15,24H,4,8-14,16H2,1-2H3. The van der Waals surface area contributed by atoms with Crippen molar-refractivity contribution in [2.24, 2.45) is 4.99 Å². The number of rotatable bonds is 6. The molecule has 2 aliphatic heterocycles. The van der Waals surface area contributed by atoms with Crippen molar-refractivity contribution < 1.29 is 9.18 Å². The normalized spacial score (nSPS) is 18.8. The molecule has 28 heavy (non-hydrogen) atoms. The van der Waals surface area contributed by atoms with E-state index in [0.29, 0.717) is 38.0 Å². The summed E-state index contributed by atoms with van der Waals surface area (Å²) in [5.74, 6) is 0.896. The zero-order valence-corrected chi connectivity index (χ0v) is 17.7. The molecule has 1 aromatic rings. The lowest BCUT2D eigenvalue weighted by atomic mass is 9.92. The first-order valence-corrected chi connectivity index (χ1v) is 11.1. The number of dihydropyridines is 1. The highest BCUT2D eigenvalue weighted by atomic mass is 32.2. The van der Waals surface area contributed by atoms with E-state index in [1.54, 1.807) is 16.7 Å². The van der Waals surface area contributed by atoms with Gasteiger partial charge in [-0.15, -0.1) is 11.8 Å². The summed E-state index contributed by atoms with van der Waals surface area (Å²) in [6, 6.07) is 5.77. The van der Waals surface area contributed by atoms with Gasteiger partial charge in [-0.3, -0.25) is 9.79 Å². The lowest BCUT2D eigenvalue weighted by Crippen LogP contribution is -2.49. The van der Waals surface area contributed by atoms with Gasteiger partial charge in [0.15, 0.2) is 0 Å². The number of alkyl halides is 1. The summed E-state index contributed by atoms with van der Waals surface area (Å²) in [5.41, 5.74) is 1.75. The number of carbonyl (C=O) groups excluding carboxylic acids is 1. The third kappa shape index (κ3) is 5.67. The number of hydrogen-bond acceptors (Lipinski definition) is 4. The van der Waals surface area contributed by atoms with Crippen molar-refractivity contribution in [1.29, 1.82) is 0 Å². The van der Waals surface area contributed by atoms with Gasteiger partial charge >= 0.3 is 0 Å². The van der Waals surface area contributed by atoms with Crippen molar-refractivity contribution in [3.05, 3.63) is 47.0 Å². The van der Waals surface area contributed by atoms with E-state index in [-0.39, 0.29) is 5.91 Å². The van der Waals surface area contributed by atoms with Gasteiger partial charge in [-0.2, -0.15) is 0 Å². The van der Waals surface area contributed by atoms with Crippen molar-refractivity contribution in [3.8, 4) is 0 Å². The number of benzene rings is 1. The van der Waals surface area contributed by atoms with Crippen LogP contribution in [-0.2, 0) is 0 Å². The molecule has 152 valence electrons. The molecule has 2 heterocycles. The number of nitrogens with one attached hydrogen (secondary N) is 1. The van der Waals surface area contributed by atoms with Gasteiger partial charge in [0.25, 0.3) is 5.91 Å². The van der Waals surface area contributed by atoms with Gasteiger partial charge in [0.1, 0.15) is 5.67 Å². The molecule has 0 bridgehead atoms. The average Bonchev–Trinajstić information content (AvgIpc) is 2.71. The number of carbonyl (C=O) groups is 1. The Labute approximate surface area is 171 Å². The summed E-state index contributed by atoms with van der Waals surface area (Å²) in [7, 11) is 0. The van der Waals surface area contributed by atoms with Gasteiger partial charge in [0, 0.05) is 56.9 Å². The Morgan fingerprint density at radius 1 is 1.29 bits per heavy atom. The number of hydrogen-bond donors (Lipinski definition) is 1. The smallest absolute Gasteiger partial charge is 0.253 e. The van der Waals surface area contributed by atoms with Gasteiger partial charge < -0.3 is 10.2 Å². The summed E-state index contributed by atoms with van der Waals surface area (Å²) in [6.07, 6.45) is 6.01.